The zero-order chi connectivity index (χ0) is 15.3. The number of para-hydroxylation sites is 1. The zero-order valence-electron chi connectivity index (χ0n) is 10.9. The van der Waals surface area contributed by atoms with E-state index in [0.29, 0.717) is 0 Å². The first-order valence-electron chi connectivity index (χ1n) is 6.20. The standard InChI is InChI=1S/C13H13F3N2O2S/c14-13(15,16)8-20-6-5-11(19)17-7-12-18-9-3-1-2-4-10(9)21-12/h1-4H,5-8H2,(H,17,19). The van der Waals surface area contributed by atoms with Crippen molar-refractivity contribution in [3.63, 3.8) is 0 Å². The van der Waals surface area contributed by atoms with Gasteiger partial charge in [-0.2, -0.15) is 13.2 Å². The molecule has 0 spiro atoms. The molecule has 1 aromatic heterocycles. The highest BCUT2D eigenvalue weighted by molar-refractivity contribution is 7.18. The highest BCUT2D eigenvalue weighted by Crippen LogP contribution is 2.21. The molecular formula is C13H13F3N2O2S. The summed E-state index contributed by atoms with van der Waals surface area (Å²) in [5, 5.41) is 3.36. The third-order valence-electron chi connectivity index (χ3n) is 2.51. The van der Waals surface area contributed by atoms with E-state index in [2.05, 4.69) is 15.0 Å². The fraction of sp³-hybridized carbons (Fsp3) is 0.385. The van der Waals surface area contributed by atoms with Crippen LogP contribution >= 0.6 is 11.3 Å². The number of hydrogen-bond donors (Lipinski definition) is 1. The third-order valence-corrected chi connectivity index (χ3v) is 3.55. The molecule has 1 N–H and O–H groups in total. The van der Waals surface area contributed by atoms with Crippen molar-refractivity contribution in [2.75, 3.05) is 13.2 Å². The molecule has 0 aliphatic rings. The Bertz CT molecular complexity index is 580. The molecule has 2 aromatic rings. The average Bonchev–Trinajstić information content (AvgIpc) is 2.83. The first kappa shape index (κ1) is 15.7. The van der Waals surface area contributed by atoms with E-state index >= 15 is 0 Å². The number of carbonyl (C=O) groups is 1. The van der Waals surface area contributed by atoms with Gasteiger partial charge in [-0.1, -0.05) is 12.1 Å². The predicted octanol–water partition coefficient (Wildman–Crippen LogP) is 2.88. The van der Waals surface area contributed by atoms with Crippen LogP contribution in [0.1, 0.15) is 11.4 Å². The molecule has 0 aliphatic heterocycles. The van der Waals surface area contributed by atoms with Crippen molar-refractivity contribution in [1.82, 2.24) is 10.3 Å². The lowest BCUT2D eigenvalue weighted by Gasteiger charge is -2.07. The summed E-state index contributed by atoms with van der Waals surface area (Å²) in [4.78, 5) is 15.8. The summed E-state index contributed by atoms with van der Waals surface area (Å²) >= 11 is 1.47. The number of halogens is 3. The molecule has 0 unspecified atom stereocenters. The van der Waals surface area contributed by atoms with Crippen LogP contribution in [0.15, 0.2) is 24.3 Å². The minimum absolute atomic E-state index is 0.110. The minimum Gasteiger partial charge on any atom is -0.372 e. The molecule has 0 radical (unpaired) electrons. The molecule has 4 nitrogen and oxygen atoms in total. The first-order chi connectivity index (χ1) is 9.94. The van der Waals surface area contributed by atoms with Crippen LogP contribution in [0.25, 0.3) is 10.2 Å². The quantitative estimate of drug-likeness (QED) is 0.833. The van der Waals surface area contributed by atoms with Crippen LogP contribution in [-0.4, -0.2) is 30.3 Å². The highest BCUT2D eigenvalue weighted by atomic mass is 32.1. The Kier molecular flexibility index (Phi) is 5.13. The van der Waals surface area contributed by atoms with Crippen LogP contribution in [0, 0.1) is 0 Å². The Morgan fingerprint density at radius 1 is 1.33 bits per heavy atom. The van der Waals surface area contributed by atoms with E-state index in [-0.39, 0.29) is 25.5 Å². The number of hydrogen-bond acceptors (Lipinski definition) is 4. The Morgan fingerprint density at radius 3 is 2.81 bits per heavy atom. The number of ether oxygens (including phenoxy) is 1. The maximum atomic E-state index is 11.8. The van der Waals surface area contributed by atoms with Gasteiger partial charge in [0.25, 0.3) is 0 Å². The molecule has 0 saturated heterocycles. The van der Waals surface area contributed by atoms with Crippen LogP contribution in [0.2, 0.25) is 0 Å². The summed E-state index contributed by atoms with van der Waals surface area (Å²) in [6.07, 6.45) is -4.47. The summed E-state index contributed by atoms with van der Waals surface area (Å²) in [5.41, 5.74) is 0.861. The lowest BCUT2D eigenvalue weighted by atomic mass is 10.3. The van der Waals surface area contributed by atoms with Gasteiger partial charge in [0, 0.05) is 6.42 Å². The van der Waals surface area contributed by atoms with Gasteiger partial charge in [-0.05, 0) is 12.1 Å². The largest absolute Gasteiger partial charge is 0.411 e. The minimum atomic E-state index is -4.36. The number of nitrogens with zero attached hydrogens (tertiary/aromatic N) is 1. The monoisotopic (exact) mass is 318 g/mol. The lowest BCUT2D eigenvalue weighted by molar-refractivity contribution is -0.174. The van der Waals surface area contributed by atoms with E-state index in [1.165, 1.54) is 11.3 Å². The van der Waals surface area contributed by atoms with Crippen molar-refractivity contribution in [3.8, 4) is 0 Å². The van der Waals surface area contributed by atoms with Crippen molar-refractivity contribution < 1.29 is 22.7 Å². The molecule has 1 aromatic carbocycles. The van der Waals surface area contributed by atoms with Gasteiger partial charge in [-0.25, -0.2) is 4.98 Å². The highest BCUT2D eigenvalue weighted by Gasteiger charge is 2.27. The maximum Gasteiger partial charge on any atom is 0.411 e. The van der Waals surface area contributed by atoms with Gasteiger partial charge in [0.15, 0.2) is 0 Å². The van der Waals surface area contributed by atoms with Gasteiger partial charge < -0.3 is 10.1 Å². The molecule has 0 bridgehead atoms. The molecule has 0 fully saturated rings. The number of carbonyl (C=O) groups excluding carboxylic acids is 1. The Balaban J connectivity index is 1.71. The fourth-order valence-corrected chi connectivity index (χ4v) is 2.52. The van der Waals surface area contributed by atoms with Gasteiger partial charge in [-0.15, -0.1) is 11.3 Å². The van der Waals surface area contributed by atoms with E-state index in [1.54, 1.807) is 0 Å². The summed E-state index contributed by atoms with van der Waals surface area (Å²) < 4.78 is 40.8. The van der Waals surface area contributed by atoms with Crippen LogP contribution < -0.4 is 5.32 Å². The number of aromatic nitrogens is 1. The summed E-state index contributed by atoms with van der Waals surface area (Å²) in [6.45, 7) is -1.33. The third kappa shape index (κ3) is 5.31. The van der Waals surface area contributed by atoms with Crippen LogP contribution in [0.3, 0.4) is 0 Å². The van der Waals surface area contributed by atoms with Crippen molar-refractivity contribution >= 4 is 27.5 Å². The van der Waals surface area contributed by atoms with Crippen LogP contribution in [0.5, 0.6) is 0 Å². The Morgan fingerprint density at radius 2 is 2.10 bits per heavy atom. The molecule has 0 atom stereocenters. The second-order valence-electron chi connectivity index (χ2n) is 4.27. The number of thiazole rings is 1. The van der Waals surface area contributed by atoms with Crippen molar-refractivity contribution in [1.29, 1.82) is 0 Å². The average molecular weight is 318 g/mol. The van der Waals surface area contributed by atoms with E-state index in [1.807, 2.05) is 24.3 Å². The number of benzene rings is 1. The first-order valence-corrected chi connectivity index (χ1v) is 7.01. The number of alkyl halides is 3. The smallest absolute Gasteiger partial charge is 0.372 e. The molecule has 0 aliphatic carbocycles. The second-order valence-corrected chi connectivity index (χ2v) is 5.39. The normalized spacial score (nSPS) is 11.8. The molecule has 1 heterocycles. The molecule has 114 valence electrons. The number of fused-ring (bicyclic) bond motifs is 1. The molecule has 2 rings (SSSR count). The van der Waals surface area contributed by atoms with Crippen molar-refractivity contribution in [2.45, 2.75) is 19.1 Å². The van der Waals surface area contributed by atoms with Crippen molar-refractivity contribution in [3.05, 3.63) is 29.3 Å². The van der Waals surface area contributed by atoms with Crippen LogP contribution in [-0.2, 0) is 16.1 Å². The van der Waals surface area contributed by atoms with E-state index in [9.17, 15) is 18.0 Å². The molecule has 1 amide bonds. The predicted molar refractivity (Wildman–Crippen MR) is 73.0 cm³/mol. The topological polar surface area (TPSA) is 51.2 Å². The zero-order valence-corrected chi connectivity index (χ0v) is 11.8. The second kappa shape index (κ2) is 6.86. The van der Waals surface area contributed by atoms with E-state index < -0.39 is 12.8 Å². The number of rotatable bonds is 6. The van der Waals surface area contributed by atoms with E-state index in [4.69, 9.17) is 0 Å². The molecular weight excluding hydrogens is 305 g/mol. The fourth-order valence-electron chi connectivity index (χ4n) is 1.61. The molecule has 0 saturated carbocycles. The molecule has 8 heteroatoms. The maximum absolute atomic E-state index is 11.8. The Labute approximate surface area is 122 Å². The molecule has 21 heavy (non-hydrogen) atoms. The van der Waals surface area contributed by atoms with Gasteiger partial charge >= 0.3 is 6.18 Å². The van der Waals surface area contributed by atoms with Crippen molar-refractivity contribution in [2.24, 2.45) is 0 Å². The van der Waals surface area contributed by atoms with Gasteiger partial charge in [-0.3, -0.25) is 4.79 Å². The summed E-state index contributed by atoms with van der Waals surface area (Å²) in [6, 6.07) is 7.59. The number of amides is 1. The van der Waals surface area contributed by atoms with Gasteiger partial charge in [0.05, 0.1) is 23.4 Å². The lowest BCUT2D eigenvalue weighted by Crippen LogP contribution is -2.25. The van der Waals surface area contributed by atoms with E-state index in [0.717, 1.165) is 15.2 Å². The SMILES string of the molecule is O=C(CCOCC(F)(F)F)NCc1nc2ccccc2s1. The van der Waals surface area contributed by atoms with Gasteiger partial charge in [0.1, 0.15) is 11.6 Å². The Hall–Kier alpha value is -1.67. The number of nitrogens with one attached hydrogen (secondary N) is 1. The summed E-state index contributed by atoms with van der Waals surface area (Å²) in [7, 11) is 0. The summed E-state index contributed by atoms with van der Waals surface area (Å²) in [5.74, 6) is -0.364. The van der Waals surface area contributed by atoms with Gasteiger partial charge in [0.2, 0.25) is 5.91 Å². The van der Waals surface area contributed by atoms with Crippen LogP contribution in [0.4, 0.5) is 13.2 Å².